The lowest BCUT2D eigenvalue weighted by Gasteiger charge is -2.34. The second-order valence-corrected chi connectivity index (χ2v) is 10.6. The molecule has 0 spiro atoms. The van der Waals surface area contributed by atoms with E-state index in [0.717, 1.165) is 17.9 Å². The third kappa shape index (κ3) is 5.90. The number of carbonyl (C=O) groups is 1. The summed E-state index contributed by atoms with van der Waals surface area (Å²) in [6.45, 7) is 6.39. The van der Waals surface area contributed by atoms with E-state index in [9.17, 15) is 13.2 Å². The number of rotatable bonds is 7. The first kappa shape index (κ1) is 22.5. The molecule has 1 amide bonds. The predicted octanol–water partition coefficient (Wildman–Crippen LogP) is 2.01. The van der Waals surface area contributed by atoms with Gasteiger partial charge in [0.1, 0.15) is 6.54 Å². The summed E-state index contributed by atoms with van der Waals surface area (Å²) in [7, 11) is -1.54. The van der Waals surface area contributed by atoms with E-state index in [2.05, 4.69) is 19.2 Å². The fourth-order valence-corrected chi connectivity index (χ4v) is 5.83. The van der Waals surface area contributed by atoms with Crippen LogP contribution in [0.3, 0.4) is 0 Å². The van der Waals surface area contributed by atoms with Gasteiger partial charge in [0.2, 0.25) is 10.0 Å². The van der Waals surface area contributed by atoms with Gasteiger partial charge < -0.3 is 10.2 Å². The number of anilines is 1. The molecule has 0 aliphatic carbocycles. The molecule has 2 aromatic rings. The standard InChI is InChI=1S/C23H31N3O3S/c1-18-13-19(2)15-26(14-18)30(28,29)22-11-9-21(10-12-22)24-23(27)17-25(3)16-20-7-5-4-6-8-20/h4-12,18-19H,13-17H2,1-3H3,(H,24,27)/p+1/t18-,19-/m1/s1. The summed E-state index contributed by atoms with van der Waals surface area (Å²) < 4.78 is 27.5. The van der Waals surface area contributed by atoms with Gasteiger partial charge in [-0.15, -0.1) is 0 Å². The summed E-state index contributed by atoms with van der Waals surface area (Å²) in [5.74, 6) is 0.618. The maximum absolute atomic E-state index is 13.0. The lowest BCUT2D eigenvalue weighted by atomic mass is 9.94. The SMILES string of the molecule is C[C@@H]1C[C@@H](C)CN(S(=O)(=O)c2ccc(NC(=O)C[NH+](C)Cc3ccccc3)cc2)C1. The highest BCUT2D eigenvalue weighted by molar-refractivity contribution is 7.89. The van der Waals surface area contributed by atoms with Crippen LogP contribution in [0.15, 0.2) is 59.5 Å². The number of amides is 1. The number of quaternary nitrogens is 1. The first-order valence-corrected chi connectivity index (χ1v) is 11.9. The van der Waals surface area contributed by atoms with E-state index in [4.69, 9.17) is 0 Å². The zero-order valence-corrected chi connectivity index (χ0v) is 18.8. The van der Waals surface area contributed by atoms with Crippen molar-refractivity contribution in [3.8, 4) is 0 Å². The van der Waals surface area contributed by atoms with Gasteiger partial charge in [-0.2, -0.15) is 4.31 Å². The Bertz CT molecular complexity index is 935. The molecule has 1 aliphatic rings. The smallest absolute Gasteiger partial charge is 0.279 e. The van der Waals surface area contributed by atoms with E-state index in [1.54, 1.807) is 28.6 Å². The van der Waals surface area contributed by atoms with E-state index in [1.165, 1.54) is 5.56 Å². The number of sulfonamides is 1. The van der Waals surface area contributed by atoms with Gasteiger partial charge in [-0.1, -0.05) is 44.2 Å². The van der Waals surface area contributed by atoms with E-state index < -0.39 is 10.0 Å². The first-order valence-electron chi connectivity index (χ1n) is 10.5. The molecule has 2 N–H and O–H groups in total. The zero-order valence-electron chi connectivity index (χ0n) is 18.0. The highest BCUT2D eigenvalue weighted by Crippen LogP contribution is 2.27. The molecule has 1 fully saturated rings. The lowest BCUT2D eigenvalue weighted by Crippen LogP contribution is -3.08. The van der Waals surface area contributed by atoms with Gasteiger partial charge in [-0.05, 0) is 42.5 Å². The summed E-state index contributed by atoms with van der Waals surface area (Å²) in [6, 6.07) is 16.5. The van der Waals surface area contributed by atoms with E-state index in [1.807, 2.05) is 37.4 Å². The summed E-state index contributed by atoms with van der Waals surface area (Å²) >= 11 is 0. The van der Waals surface area contributed by atoms with E-state index in [-0.39, 0.29) is 10.8 Å². The number of nitrogens with one attached hydrogen (secondary N) is 2. The van der Waals surface area contributed by atoms with Crippen molar-refractivity contribution >= 4 is 21.6 Å². The van der Waals surface area contributed by atoms with Gasteiger partial charge in [0.05, 0.1) is 11.9 Å². The number of benzene rings is 2. The Morgan fingerprint density at radius 2 is 1.63 bits per heavy atom. The maximum atomic E-state index is 13.0. The van der Waals surface area contributed by atoms with Crippen LogP contribution in [0.2, 0.25) is 0 Å². The number of likely N-dealkylation sites (N-methyl/N-ethyl adjacent to an activating group) is 1. The molecule has 3 atom stereocenters. The third-order valence-electron chi connectivity index (χ3n) is 5.42. The van der Waals surface area contributed by atoms with Crippen LogP contribution in [-0.4, -0.2) is 45.3 Å². The Hall–Kier alpha value is -2.22. The molecule has 7 heteroatoms. The highest BCUT2D eigenvalue weighted by Gasteiger charge is 2.31. The molecule has 6 nitrogen and oxygen atoms in total. The normalized spacial score (nSPS) is 21.2. The largest absolute Gasteiger partial charge is 0.326 e. The Morgan fingerprint density at radius 1 is 1.03 bits per heavy atom. The zero-order chi connectivity index (χ0) is 21.7. The Labute approximate surface area is 179 Å². The van der Waals surface area contributed by atoms with Gasteiger partial charge >= 0.3 is 0 Å². The quantitative estimate of drug-likeness (QED) is 0.706. The average Bonchev–Trinajstić information content (AvgIpc) is 2.68. The Balaban J connectivity index is 1.58. The number of hydrogen-bond acceptors (Lipinski definition) is 3. The number of piperidine rings is 1. The molecule has 1 saturated heterocycles. The van der Waals surface area contributed by atoms with Crippen molar-refractivity contribution in [2.24, 2.45) is 11.8 Å². The van der Waals surface area contributed by atoms with Crippen molar-refractivity contribution in [1.29, 1.82) is 0 Å². The molecule has 1 aliphatic heterocycles. The van der Waals surface area contributed by atoms with Gasteiger partial charge in [0, 0.05) is 24.3 Å². The van der Waals surface area contributed by atoms with Crippen LogP contribution in [0, 0.1) is 11.8 Å². The molecule has 0 saturated carbocycles. The van der Waals surface area contributed by atoms with Crippen LogP contribution < -0.4 is 10.2 Å². The van der Waals surface area contributed by atoms with Crippen molar-refractivity contribution in [2.45, 2.75) is 31.7 Å². The molecule has 162 valence electrons. The van der Waals surface area contributed by atoms with E-state index in [0.29, 0.717) is 37.2 Å². The Kier molecular flexibility index (Phi) is 7.28. The minimum Gasteiger partial charge on any atom is -0.326 e. The fourth-order valence-electron chi connectivity index (χ4n) is 4.15. The minimum absolute atomic E-state index is 0.0993. The monoisotopic (exact) mass is 430 g/mol. The molecule has 30 heavy (non-hydrogen) atoms. The second kappa shape index (κ2) is 9.73. The molecule has 2 aromatic carbocycles. The van der Waals surface area contributed by atoms with Crippen LogP contribution in [0.5, 0.6) is 0 Å². The van der Waals surface area contributed by atoms with Crippen LogP contribution in [0.1, 0.15) is 25.8 Å². The van der Waals surface area contributed by atoms with Crippen molar-refractivity contribution in [3.05, 3.63) is 60.2 Å². The van der Waals surface area contributed by atoms with Crippen molar-refractivity contribution in [3.63, 3.8) is 0 Å². The van der Waals surface area contributed by atoms with Crippen molar-refractivity contribution in [2.75, 3.05) is 32.0 Å². The van der Waals surface area contributed by atoms with Crippen LogP contribution in [0.25, 0.3) is 0 Å². The molecule has 0 bridgehead atoms. The second-order valence-electron chi connectivity index (χ2n) is 8.64. The van der Waals surface area contributed by atoms with Crippen molar-refractivity contribution in [1.82, 2.24) is 4.31 Å². The van der Waals surface area contributed by atoms with Gasteiger partial charge in [0.25, 0.3) is 5.91 Å². The van der Waals surface area contributed by atoms with Gasteiger partial charge in [-0.25, -0.2) is 8.42 Å². The number of hydrogen-bond donors (Lipinski definition) is 2. The summed E-state index contributed by atoms with van der Waals surface area (Å²) in [5, 5.41) is 2.86. The van der Waals surface area contributed by atoms with Crippen LogP contribution >= 0.6 is 0 Å². The summed E-state index contributed by atoms with van der Waals surface area (Å²) in [5.41, 5.74) is 1.78. The lowest BCUT2D eigenvalue weighted by molar-refractivity contribution is -0.885. The molecule has 1 unspecified atom stereocenters. The van der Waals surface area contributed by atoms with Crippen LogP contribution in [-0.2, 0) is 21.4 Å². The summed E-state index contributed by atoms with van der Waals surface area (Å²) in [4.78, 5) is 13.7. The molecular formula is C23H32N3O3S+. The topological polar surface area (TPSA) is 70.9 Å². The van der Waals surface area contributed by atoms with E-state index >= 15 is 0 Å². The molecule has 0 aromatic heterocycles. The van der Waals surface area contributed by atoms with Crippen molar-refractivity contribution < 1.29 is 18.1 Å². The summed E-state index contributed by atoms with van der Waals surface area (Å²) in [6.07, 6.45) is 1.05. The molecular weight excluding hydrogens is 398 g/mol. The number of carbonyl (C=O) groups excluding carboxylic acids is 1. The molecule has 1 heterocycles. The fraction of sp³-hybridized carbons (Fsp3) is 0.435. The maximum Gasteiger partial charge on any atom is 0.279 e. The Morgan fingerprint density at radius 3 is 2.23 bits per heavy atom. The van der Waals surface area contributed by atoms with Gasteiger partial charge in [-0.3, -0.25) is 4.79 Å². The minimum atomic E-state index is -3.51. The van der Waals surface area contributed by atoms with Crippen LogP contribution in [0.4, 0.5) is 5.69 Å². The van der Waals surface area contributed by atoms with Gasteiger partial charge in [0.15, 0.2) is 6.54 Å². The first-order chi connectivity index (χ1) is 14.2. The predicted molar refractivity (Wildman–Crippen MR) is 119 cm³/mol. The third-order valence-corrected chi connectivity index (χ3v) is 7.27. The highest BCUT2D eigenvalue weighted by atomic mass is 32.2. The molecule has 3 rings (SSSR count). The average molecular weight is 431 g/mol. The number of nitrogens with zero attached hydrogens (tertiary/aromatic N) is 1. The molecule has 0 radical (unpaired) electrons.